The van der Waals surface area contributed by atoms with Crippen LogP contribution in [0.1, 0.15) is 43.5 Å². The van der Waals surface area contributed by atoms with Crippen LogP contribution in [-0.2, 0) is 22.4 Å². The molecule has 16 nitrogen and oxygen atoms in total. The van der Waals surface area contributed by atoms with E-state index in [1.165, 1.54) is 39.7 Å². The summed E-state index contributed by atoms with van der Waals surface area (Å²) >= 11 is 3.41. The number of aliphatic hydroxyl groups excluding tert-OH is 2. The number of nitrogens with two attached hydrogens (primary N) is 2. The fourth-order valence-corrected chi connectivity index (χ4v) is 8.00. The number of hydrogen-bond acceptors (Lipinski definition) is 10. The molecule has 0 saturated carbocycles. The van der Waals surface area contributed by atoms with Gasteiger partial charge in [-0.15, -0.1) is 0 Å². The van der Waals surface area contributed by atoms with Crippen LogP contribution in [0.3, 0.4) is 0 Å². The van der Waals surface area contributed by atoms with Crippen molar-refractivity contribution in [2.75, 3.05) is 0 Å². The topological polar surface area (TPSA) is 261 Å². The molecule has 4 atom stereocenters. The predicted molar refractivity (Wildman–Crippen MR) is 279 cm³/mol. The molecule has 0 aliphatic carbocycles. The van der Waals surface area contributed by atoms with Crippen molar-refractivity contribution < 1.29 is 48.2 Å². The second-order valence-corrected chi connectivity index (χ2v) is 17.7. The summed E-state index contributed by atoms with van der Waals surface area (Å²) in [6.07, 6.45) is -2.66. The van der Waals surface area contributed by atoms with Gasteiger partial charge in [-0.2, -0.15) is 10.2 Å². The minimum atomic E-state index is -1.72. The maximum atomic E-state index is 14.3. The summed E-state index contributed by atoms with van der Waals surface area (Å²) in [5, 5.41) is 52.0. The Morgan fingerprint density at radius 3 is 1.45 bits per heavy atom. The number of carbonyl (C=O) groups excluding carboxylic acids is 4. The molecule has 0 bridgehead atoms. The Morgan fingerprint density at radius 2 is 1.01 bits per heavy atom. The molecular weight excluding hydrogens is 1020 g/mol. The van der Waals surface area contributed by atoms with Crippen LogP contribution < -0.4 is 27.6 Å². The number of aliphatic hydroxyl groups is 2. The summed E-state index contributed by atoms with van der Waals surface area (Å²) in [6.45, 7) is 3.53. The Hall–Kier alpha value is -8.14. The summed E-state index contributed by atoms with van der Waals surface area (Å²) in [6, 6.07) is 46.2. The number of carbonyl (C=O) groups is 4. The molecule has 2 heterocycles. The van der Waals surface area contributed by atoms with Gasteiger partial charge in [-0.05, 0) is 98.0 Å². The first kappa shape index (κ1) is 55.2. The van der Waals surface area contributed by atoms with Gasteiger partial charge in [0.15, 0.2) is 12.2 Å². The van der Waals surface area contributed by atoms with E-state index in [9.17, 15) is 38.2 Å². The zero-order valence-corrected chi connectivity index (χ0v) is 41.6. The van der Waals surface area contributed by atoms with Crippen molar-refractivity contribution >= 4 is 52.1 Å². The van der Waals surface area contributed by atoms with E-state index in [1.807, 2.05) is 84.9 Å². The van der Waals surface area contributed by atoms with Gasteiger partial charge in [0, 0.05) is 15.5 Å². The number of rotatable bonds is 16. The molecule has 0 radical (unpaired) electrons. The summed E-state index contributed by atoms with van der Waals surface area (Å²) in [5.41, 5.74) is 16.2. The van der Waals surface area contributed by atoms with E-state index in [4.69, 9.17) is 21.5 Å². The first-order valence-electron chi connectivity index (χ1n) is 22.9. The maximum absolute atomic E-state index is 14.3. The Bertz CT molecular complexity index is 3200. The largest absolute Gasteiger partial charge is 0.491 e. The van der Waals surface area contributed by atoms with Crippen LogP contribution in [0, 0.1) is 25.5 Å². The minimum Gasteiger partial charge on any atom is -0.423 e. The first-order chi connectivity index (χ1) is 35.4. The van der Waals surface area contributed by atoms with E-state index in [0.717, 1.165) is 15.6 Å². The van der Waals surface area contributed by atoms with E-state index < -0.39 is 60.9 Å². The van der Waals surface area contributed by atoms with Crippen LogP contribution in [0.5, 0.6) is 0 Å². The van der Waals surface area contributed by atoms with Crippen LogP contribution in [0.25, 0.3) is 22.5 Å². The molecule has 380 valence electrons. The molecule has 20 heteroatoms. The molecule has 0 aliphatic heterocycles. The number of benzene rings is 6. The molecule has 8 rings (SSSR count). The van der Waals surface area contributed by atoms with Gasteiger partial charge in [-0.1, -0.05) is 131 Å². The number of halogens is 3. The van der Waals surface area contributed by atoms with Crippen LogP contribution in [0.15, 0.2) is 174 Å². The second-order valence-electron chi connectivity index (χ2n) is 16.8. The predicted octanol–water partition coefficient (Wildman–Crippen LogP) is 4.81. The van der Waals surface area contributed by atoms with Crippen molar-refractivity contribution in [3.05, 3.63) is 220 Å². The number of primary amides is 2. The monoisotopic (exact) mass is 1070 g/mol. The number of hydrogen-bond donors (Lipinski definition) is 8. The van der Waals surface area contributed by atoms with E-state index in [1.54, 1.807) is 68.4 Å². The molecule has 2 unspecified atom stereocenters. The van der Waals surface area contributed by atoms with Gasteiger partial charge in [0.1, 0.15) is 23.0 Å². The molecule has 4 amide bonds. The van der Waals surface area contributed by atoms with Crippen molar-refractivity contribution in [2.45, 2.75) is 51.0 Å². The van der Waals surface area contributed by atoms with E-state index in [2.05, 4.69) is 36.8 Å². The summed E-state index contributed by atoms with van der Waals surface area (Å²) in [7, 11) is -1.72. The van der Waals surface area contributed by atoms with Crippen molar-refractivity contribution in [3.63, 3.8) is 0 Å². The molecule has 0 fully saturated rings. The van der Waals surface area contributed by atoms with Crippen LogP contribution in [-0.4, -0.2) is 94.9 Å². The Balaban J connectivity index is 0.000000205. The zero-order valence-electron chi connectivity index (χ0n) is 40.0. The number of nitrogens with one attached hydrogen (secondary N) is 2. The van der Waals surface area contributed by atoms with Crippen LogP contribution in [0.4, 0.5) is 8.78 Å². The van der Waals surface area contributed by atoms with E-state index in [-0.39, 0.29) is 35.5 Å². The highest BCUT2D eigenvalue weighted by molar-refractivity contribution is 9.10. The average molecular weight is 1070 g/mol. The van der Waals surface area contributed by atoms with Crippen molar-refractivity contribution in [2.24, 2.45) is 11.5 Å². The second kappa shape index (κ2) is 26.0. The lowest BCUT2D eigenvalue weighted by atomic mass is 9.80. The fourth-order valence-electron chi connectivity index (χ4n) is 7.61. The van der Waals surface area contributed by atoms with Gasteiger partial charge in [0.05, 0.1) is 34.8 Å². The molecule has 74 heavy (non-hydrogen) atoms. The third kappa shape index (κ3) is 15.0. The molecule has 8 aromatic rings. The van der Waals surface area contributed by atoms with E-state index in [0.29, 0.717) is 33.9 Å². The minimum absolute atomic E-state index is 0.0949. The molecule has 2 aromatic heterocycles. The lowest BCUT2D eigenvalue weighted by molar-refractivity contribution is -0.127. The Morgan fingerprint density at radius 1 is 0.581 bits per heavy atom. The van der Waals surface area contributed by atoms with Gasteiger partial charge >= 0.3 is 7.12 Å². The lowest BCUT2D eigenvalue weighted by Crippen LogP contribution is -2.50. The molecule has 0 aliphatic rings. The average Bonchev–Trinajstić information content (AvgIpc) is 3.99. The summed E-state index contributed by atoms with van der Waals surface area (Å²) in [5.74, 6) is -3.80. The third-order valence-corrected chi connectivity index (χ3v) is 11.7. The van der Waals surface area contributed by atoms with Crippen molar-refractivity contribution in [1.29, 1.82) is 0 Å². The fraction of sp³-hybridized carbons (Fsp3) is 0.148. The van der Waals surface area contributed by atoms with E-state index >= 15 is 0 Å². The summed E-state index contributed by atoms with van der Waals surface area (Å²) < 4.78 is 30.7. The van der Waals surface area contributed by atoms with Crippen LogP contribution in [0.2, 0.25) is 0 Å². The number of amides is 4. The number of aromatic nitrogens is 4. The Labute approximate surface area is 433 Å². The molecule has 10 N–H and O–H groups in total. The summed E-state index contributed by atoms with van der Waals surface area (Å²) in [4.78, 5) is 49.6. The molecule has 6 aromatic carbocycles. The van der Waals surface area contributed by atoms with Gasteiger partial charge in [0.2, 0.25) is 11.8 Å². The van der Waals surface area contributed by atoms with Crippen molar-refractivity contribution in [3.8, 4) is 22.5 Å². The molecule has 0 spiro atoms. The Kier molecular flexibility index (Phi) is 19.4. The lowest BCUT2D eigenvalue weighted by Gasteiger charge is -2.22. The molecular formula is C54H52BBrF2N8O8. The normalized spacial score (nSPS) is 12.3. The number of nitrogens with zero attached hydrogens (tertiary/aromatic N) is 4. The highest BCUT2D eigenvalue weighted by Crippen LogP contribution is 2.26. The zero-order chi connectivity index (χ0) is 53.5. The highest BCUT2D eigenvalue weighted by Gasteiger charge is 2.30. The van der Waals surface area contributed by atoms with Gasteiger partial charge in [-0.25, -0.2) is 18.1 Å². The van der Waals surface area contributed by atoms with Gasteiger partial charge in [0.25, 0.3) is 11.8 Å². The maximum Gasteiger partial charge on any atom is 0.491 e. The highest BCUT2D eigenvalue weighted by atomic mass is 79.9. The van der Waals surface area contributed by atoms with Crippen LogP contribution >= 0.6 is 15.9 Å². The first-order valence-corrected chi connectivity index (χ1v) is 23.7. The quantitative estimate of drug-likeness (QED) is 0.0613. The smallest absolute Gasteiger partial charge is 0.423 e. The standard InChI is InChI=1S/C27H25FN4O3.C21H21BrN4O3.C6H6BFO2/c1-17-14-24(27(35)30-23(25(33)26(29)34)15-18-8-3-2-4-9-18)32(31-17)20-11-7-10-19(16-20)21-12-5-6-13-22(21)28;1-13-10-18(26(25-13)16-9-5-8-15(22)12-16)21(29)24-17(19(27)20(23)28)11-14-6-3-2-4-7-14;8-6-4-2-1-3-5(6)7(9)10/h2-14,16,23,25,33H,15H2,1H3,(H2,29,34)(H,30,35);2-10,12,17,19,27H,11H2,1H3,(H2,23,28)(H,24,29);1-4,9-10H/t23-,25?;17-,19?;/m00./s1. The van der Waals surface area contributed by atoms with Gasteiger partial charge < -0.3 is 42.4 Å². The number of aryl methyl sites for hydroxylation is 2. The van der Waals surface area contributed by atoms with Gasteiger partial charge in [-0.3, -0.25) is 19.2 Å². The third-order valence-electron chi connectivity index (χ3n) is 11.2. The SMILES string of the molecule is Cc1cc(C(=O)N[C@@H](Cc2ccccc2)C(O)C(N)=O)n(-c2cccc(-c3ccccc3F)c2)n1.Cc1cc(C(=O)N[C@@H](Cc2ccccc2)C(O)C(N)=O)n(-c2cccc(Br)c2)n1.OB(O)c1ccccc1F. The van der Waals surface area contributed by atoms with Crippen molar-refractivity contribution in [1.82, 2.24) is 30.2 Å². The molecule has 0 saturated heterocycles.